The number of hydrogen-bond acceptors (Lipinski definition) is 4. The second-order valence-corrected chi connectivity index (χ2v) is 3.67. The molecule has 19 heavy (non-hydrogen) atoms. The Kier molecular flexibility index (Phi) is 4.14. The molecule has 4 heteroatoms. The van der Waals surface area contributed by atoms with Crippen molar-refractivity contribution >= 4 is 5.97 Å². The van der Waals surface area contributed by atoms with Crippen molar-refractivity contribution in [3.8, 4) is 17.6 Å². The van der Waals surface area contributed by atoms with Crippen molar-refractivity contribution in [1.29, 1.82) is 5.26 Å². The van der Waals surface area contributed by atoms with Gasteiger partial charge in [-0.2, -0.15) is 5.26 Å². The van der Waals surface area contributed by atoms with Crippen molar-refractivity contribution in [2.24, 2.45) is 0 Å². The third-order valence-electron chi connectivity index (χ3n) is 2.29. The highest BCUT2D eigenvalue weighted by Gasteiger charge is 2.22. The van der Waals surface area contributed by atoms with Crippen LogP contribution in [0.25, 0.3) is 0 Å². The van der Waals surface area contributed by atoms with E-state index in [-0.39, 0.29) is 0 Å². The van der Waals surface area contributed by atoms with Crippen molar-refractivity contribution in [3.05, 3.63) is 60.7 Å². The lowest BCUT2D eigenvalue weighted by atomic mass is 10.3. The normalized spacial score (nSPS) is 11.1. The number of esters is 1. The van der Waals surface area contributed by atoms with Crippen molar-refractivity contribution < 1.29 is 14.3 Å². The molecule has 0 heterocycles. The fourth-order valence-electron chi connectivity index (χ4n) is 1.42. The second kappa shape index (κ2) is 6.22. The average Bonchev–Trinajstić information content (AvgIpc) is 2.47. The van der Waals surface area contributed by atoms with E-state index in [0.717, 1.165) is 0 Å². The van der Waals surface area contributed by atoms with Crippen LogP contribution in [0.3, 0.4) is 0 Å². The van der Waals surface area contributed by atoms with E-state index in [1.54, 1.807) is 60.7 Å². The number of nitriles is 1. The minimum Gasteiger partial charge on any atom is -0.464 e. The lowest BCUT2D eigenvalue weighted by molar-refractivity contribution is -0.139. The molecule has 2 aromatic carbocycles. The van der Waals surface area contributed by atoms with Gasteiger partial charge in [-0.3, -0.25) is 0 Å². The Balaban J connectivity index is 2.02. The van der Waals surface area contributed by atoms with Crippen molar-refractivity contribution in [2.75, 3.05) is 0 Å². The summed E-state index contributed by atoms with van der Waals surface area (Å²) >= 11 is 0. The lowest BCUT2D eigenvalue weighted by Gasteiger charge is -2.11. The van der Waals surface area contributed by atoms with Crippen molar-refractivity contribution in [2.45, 2.75) is 6.10 Å². The van der Waals surface area contributed by atoms with Gasteiger partial charge < -0.3 is 9.47 Å². The van der Waals surface area contributed by atoms with Crippen LogP contribution in [-0.4, -0.2) is 12.1 Å². The minimum absolute atomic E-state index is 0.379. The number of carbonyl (C=O) groups is 1. The molecule has 2 aromatic rings. The van der Waals surface area contributed by atoms with Crippen LogP contribution in [0.15, 0.2) is 60.7 Å². The molecule has 0 N–H and O–H groups in total. The summed E-state index contributed by atoms with van der Waals surface area (Å²) in [4.78, 5) is 11.8. The highest BCUT2D eigenvalue weighted by molar-refractivity contribution is 5.80. The predicted octanol–water partition coefficient (Wildman–Crippen LogP) is 2.56. The first-order chi connectivity index (χ1) is 9.29. The summed E-state index contributed by atoms with van der Waals surface area (Å²) in [6, 6.07) is 19.0. The quantitative estimate of drug-likeness (QED) is 0.620. The first kappa shape index (κ1) is 12.7. The third kappa shape index (κ3) is 3.58. The van der Waals surface area contributed by atoms with Gasteiger partial charge in [0.25, 0.3) is 6.10 Å². The molecule has 0 saturated heterocycles. The molecule has 0 aliphatic carbocycles. The van der Waals surface area contributed by atoms with E-state index in [1.807, 2.05) is 6.07 Å². The third-order valence-corrected chi connectivity index (χ3v) is 2.29. The summed E-state index contributed by atoms with van der Waals surface area (Å²) < 4.78 is 10.3. The number of rotatable bonds is 4. The molecule has 0 fully saturated rings. The van der Waals surface area contributed by atoms with Gasteiger partial charge in [-0.05, 0) is 24.3 Å². The molecule has 0 radical (unpaired) electrons. The molecule has 1 atom stereocenters. The highest BCUT2D eigenvalue weighted by atomic mass is 16.6. The first-order valence-corrected chi connectivity index (χ1v) is 5.67. The van der Waals surface area contributed by atoms with Gasteiger partial charge in [0.2, 0.25) is 0 Å². The largest absolute Gasteiger partial charge is 0.464 e. The summed E-state index contributed by atoms with van der Waals surface area (Å²) in [7, 11) is 0. The molecule has 94 valence electrons. The number of hydrogen-bond donors (Lipinski definition) is 0. The molecule has 2 rings (SSSR count). The maximum Gasteiger partial charge on any atom is 0.367 e. The summed E-state index contributed by atoms with van der Waals surface area (Å²) in [6.07, 6.45) is -1.29. The van der Waals surface area contributed by atoms with E-state index in [9.17, 15) is 4.79 Å². The van der Waals surface area contributed by atoms with Crippen LogP contribution in [0.4, 0.5) is 0 Å². The van der Waals surface area contributed by atoms with Gasteiger partial charge >= 0.3 is 5.97 Å². The summed E-state index contributed by atoms with van der Waals surface area (Å²) in [5.74, 6) is 0.0843. The maximum atomic E-state index is 11.8. The van der Waals surface area contributed by atoms with Gasteiger partial charge in [0, 0.05) is 0 Å². The Morgan fingerprint density at radius 2 is 1.47 bits per heavy atom. The zero-order chi connectivity index (χ0) is 13.5. The zero-order valence-electron chi connectivity index (χ0n) is 10.0. The van der Waals surface area contributed by atoms with Gasteiger partial charge in [-0.15, -0.1) is 0 Å². The number of nitrogens with zero attached hydrogens (tertiary/aromatic N) is 1. The molecule has 0 spiro atoms. The van der Waals surface area contributed by atoms with E-state index < -0.39 is 12.1 Å². The second-order valence-electron chi connectivity index (χ2n) is 3.67. The van der Waals surface area contributed by atoms with Gasteiger partial charge in [-0.1, -0.05) is 36.4 Å². The topological polar surface area (TPSA) is 59.3 Å². The Morgan fingerprint density at radius 3 is 2.00 bits per heavy atom. The van der Waals surface area contributed by atoms with Crippen LogP contribution < -0.4 is 9.47 Å². The van der Waals surface area contributed by atoms with Gasteiger partial charge in [-0.25, -0.2) is 4.79 Å². The highest BCUT2D eigenvalue weighted by Crippen LogP contribution is 2.13. The average molecular weight is 253 g/mol. The molecule has 1 unspecified atom stereocenters. The van der Waals surface area contributed by atoms with Crippen molar-refractivity contribution in [1.82, 2.24) is 0 Å². The molecular formula is C15H11NO3. The molecule has 0 aromatic heterocycles. The number of ether oxygens (including phenoxy) is 2. The number of para-hydroxylation sites is 2. The van der Waals surface area contributed by atoms with Gasteiger partial charge in [0.1, 0.15) is 17.6 Å². The standard InChI is InChI=1S/C15H11NO3/c16-11-14(18-12-7-3-1-4-8-12)15(17)19-13-9-5-2-6-10-13/h1-10,14H. The lowest BCUT2D eigenvalue weighted by Crippen LogP contribution is -2.29. The van der Waals surface area contributed by atoms with E-state index in [1.165, 1.54) is 0 Å². The SMILES string of the molecule is N#CC(Oc1ccccc1)C(=O)Oc1ccccc1. The summed E-state index contributed by atoms with van der Waals surface area (Å²) in [6.45, 7) is 0. The van der Waals surface area contributed by atoms with Crippen LogP contribution in [0.5, 0.6) is 11.5 Å². The van der Waals surface area contributed by atoms with Gasteiger partial charge in [0.15, 0.2) is 0 Å². The summed E-state index contributed by atoms with van der Waals surface area (Å²) in [5, 5.41) is 8.96. The van der Waals surface area contributed by atoms with Crippen LogP contribution in [0.1, 0.15) is 0 Å². The van der Waals surface area contributed by atoms with E-state index in [4.69, 9.17) is 14.7 Å². The monoisotopic (exact) mass is 253 g/mol. The molecule has 0 bridgehead atoms. The van der Waals surface area contributed by atoms with Crippen LogP contribution >= 0.6 is 0 Å². The van der Waals surface area contributed by atoms with Crippen molar-refractivity contribution in [3.63, 3.8) is 0 Å². The Morgan fingerprint density at radius 1 is 0.947 bits per heavy atom. The molecule has 0 saturated carbocycles. The van der Waals surface area contributed by atoms with Gasteiger partial charge in [0.05, 0.1) is 0 Å². The Hall–Kier alpha value is -2.80. The molecule has 4 nitrogen and oxygen atoms in total. The molecule has 0 amide bonds. The predicted molar refractivity (Wildman–Crippen MR) is 68.5 cm³/mol. The van der Waals surface area contributed by atoms with E-state index in [0.29, 0.717) is 11.5 Å². The maximum absolute atomic E-state index is 11.8. The first-order valence-electron chi connectivity index (χ1n) is 5.67. The molecular weight excluding hydrogens is 242 g/mol. The number of carbonyl (C=O) groups excluding carboxylic acids is 1. The zero-order valence-corrected chi connectivity index (χ0v) is 10.0. The Bertz CT molecular complexity index is 575. The number of benzene rings is 2. The molecule has 0 aliphatic rings. The summed E-state index contributed by atoms with van der Waals surface area (Å²) in [5.41, 5.74) is 0. The fourth-order valence-corrected chi connectivity index (χ4v) is 1.42. The minimum atomic E-state index is -1.29. The fraction of sp³-hybridized carbons (Fsp3) is 0.0667. The van der Waals surface area contributed by atoms with Crippen LogP contribution in [0.2, 0.25) is 0 Å². The Labute approximate surface area is 110 Å². The van der Waals surface area contributed by atoms with E-state index >= 15 is 0 Å². The van der Waals surface area contributed by atoms with E-state index in [2.05, 4.69) is 0 Å². The molecule has 0 aliphatic heterocycles. The smallest absolute Gasteiger partial charge is 0.367 e. The van der Waals surface area contributed by atoms with Crippen LogP contribution in [-0.2, 0) is 4.79 Å². The van der Waals surface area contributed by atoms with Crippen LogP contribution in [0, 0.1) is 11.3 Å².